The normalized spacial score (nSPS) is 10.8. The first kappa shape index (κ1) is 24.2. The molecular formula is C26H18BrClN4O3. The Morgan fingerprint density at radius 1 is 1.14 bits per heavy atom. The predicted molar refractivity (Wildman–Crippen MR) is 138 cm³/mol. The number of pyridine rings is 1. The third kappa shape index (κ3) is 6.15. The summed E-state index contributed by atoms with van der Waals surface area (Å²) in [6.07, 6.45) is 3.13. The molecule has 7 nitrogen and oxygen atoms in total. The van der Waals surface area contributed by atoms with Crippen molar-refractivity contribution >= 4 is 50.6 Å². The molecule has 1 heterocycles. The molecule has 4 rings (SSSR count). The predicted octanol–water partition coefficient (Wildman–Crippen LogP) is 5.63. The van der Waals surface area contributed by atoms with E-state index in [1.54, 1.807) is 36.5 Å². The smallest absolute Gasteiger partial charge is 0.277 e. The van der Waals surface area contributed by atoms with Crippen molar-refractivity contribution < 1.29 is 14.3 Å². The molecule has 4 aromatic rings. The first-order valence-corrected chi connectivity index (χ1v) is 11.6. The molecule has 1 aromatic heterocycles. The van der Waals surface area contributed by atoms with E-state index in [1.165, 1.54) is 6.21 Å². The van der Waals surface area contributed by atoms with Gasteiger partial charge < -0.3 is 9.47 Å². The molecule has 174 valence electrons. The second kappa shape index (κ2) is 11.5. The lowest BCUT2D eigenvalue weighted by Crippen LogP contribution is -2.24. The van der Waals surface area contributed by atoms with Crippen LogP contribution in [0, 0.1) is 11.3 Å². The SMILES string of the molecule is N#Cc1ccccc1COc1c(Cl)cc(/C=N/NC(=O)COc2cccc3cccnc23)cc1Br. The van der Waals surface area contributed by atoms with Crippen molar-refractivity contribution in [1.29, 1.82) is 5.26 Å². The molecule has 0 aliphatic carbocycles. The van der Waals surface area contributed by atoms with Crippen molar-refractivity contribution in [3.63, 3.8) is 0 Å². The molecule has 0 unspecified atom stereocenters. The lowest BCUT2D eigenvalue weighted by Gasteiger charge is -2.12. The summed E-state index contributed by atoms with van der Waals surface area (Å²) in [5.41, 5.74) is 5.06. The van der Waals surface area contributed by atoms with E-state index in [2.05, 4.69) is 37.5 Å². The third-order valence-electron chi connectivity index (χ3n) is 4.89. The molecule has 0 atom stereocenters. The summed E-state index contributed by atoms with van der Waals surface area (Å²) in [4.78, 5) is 16.5. The van der Waals surface area contributed by atoms with Gasteiger partial charge in [-0.25, -0.2) is 5.43 Å². The van der Waals surface area contributed by atoms with Crippen LogP contribution in [0.15, 0.2) is 82.5 Å². The molecule has 0 saturated heterocycles. The maximum atomic E-state index is 12.2. The number of aromatic nitrogens is 1. The van der Waals surface area contributed by atoms with Crippen LogP contribution in [0.1, 0.15) is 16.7 Å². The highest BCUT2D eigenvalue weighted by atomic mass is 79.9. The number of carbonyl (C=O) groups excluding carboxylic acids is 1. The summed E-state index contributed by atoms with van der Waals surface area (Å²) >= 11 is 9.84. The number of para-hydroxylation sites is 1. The van der Waals surface area contributed by atoms with E-state index in [0.29, 0.717) is 37.6 Å². The maximum absolute atomic E-state index is 12.2. The number of fused-ring (bicyclic) bond motifs is 1. The molecule has 0 saturated carbocycles. The molecule has 0 spiro atoms. The maximum Gasteiger partial charge on any atom is 0.277 e. The van der Waals surface area contributed by atoms with Gasteiger partial charge in [0.25, 0.3) is 5.91 Å². The highest BCUT2D eigenvalue weighted by Gasteiger charge is 2.11. The lowest BCUT2D eigenvalue weighted by molar-refractivity contribution is -0.123. The van der Waals surface area contributed by atoms with E-state index in [-0.39, 0.29) is 13.2 Å². The summed E-state index contributed by atoms with van der Waals surface area (Å²) in [6, 6.07) is 22.0. The van der Waals surface area contributed by atoms with Gasteiger partial charge in [0.1, 0.15) is 17.9 Å². The molecule has 9 heteroatoms. The van der Waals surface area contributed by atoms with E-state index in [0.717, 1.165) is 10.9 Å². The Bertz CT molecular complexity index is 1420. The summed E-state index contributed by atoms with van der Waals surface area (Å²) in [6.45, 7) is -0.0216. The number of hydrazone groups is 1. The van der Waals surface area contributed by atoms with Crippen molar-refractivity contribution in [3.05, 3.63) is 99.1 Å². The molecule has 0 fully saturated rings. The van der Waals surface area contributed by atoms with Crippen molar-refractivity contribution in [3.8, 4) is 17.6 Å². The molecule has 0 bridgehead atoms. The average Bonchev–Trinajstić information content (AvgIpc) is 2.87. The standard InChI is InChI=1S/C26H18BrClN4O3/c27-21-11-17(12-22(28)26(21)35-15-20-6-2-1-5-19(20)13-29)14-31-32-24(33)16-34-23-9-3-7-18-8-4-10-30-25(18)23/h1-12,14H,15-16H2,(H,32,33)/b31-14+. The Kier molecular flexibility index (Phi) is 7.93. The zero-order valence-electron chi connectivity index (χ0n) is 18.2. The Morgan fingerprint density at radius 2 is 1.97 bits per heavy atom. The van der Waals surface area contributed by atoms with Crippen LogP contribution >= 0.6 is 27.5 Å². The number of amides is 1. The molecule has 1 amide bonds. The van der Waals surface area contributed by atoms with E-state index in [9.17, 15) is 10.1 Å². The number of nitriles is 1. The van der Waals surface area contributed by atoms with Crippen molar-refractivity contribution in [2.75, 3.05) is 6.61 Å². The van der Waals surface area contributed by atoms with Gasteiger partial charge in [-0.15, -0.1) is 0 Å². The fraction of sp³-hybridized carbons (Fsp3) is 0.0769. The largest absolute Gasteiger partial charge is 0.486 e. The first-order chi connectivity index (χ1) is 17.0. The number of halogens is 2. The molecule has 0 aliphatic rings. The van der Waals surface area contributed by atoms with E-state index < -0.39 is 5.91 Å². The van der Waals surface area contributed by atoms with Crippen molar-refractivity contribution in [1.82, 2.24) is 10.4 Å². The van der Waals surface area contributed by atoms with Gasteiger partial charge in [0.15, 0.2) is 12.4 Å². The first-order valence-electron chi connectivity index (χ1n) is 10.4. The molecule has 0 radical (unpaired) electrons. The summed E-state index contributed by atoms with van der Waals surface area (Å²) in [5.74, 6) is 0.541. The highest BCUT2D eigenvalue weighted by molar-refractivity contribution is 9.10. The molecule has 0 aliphatic heterocycles. The van der Waals surface area contributed by atoms with Crippen LogP contribution in [0.25, 0.3) is 10.9 Å². The minimum Gasteiger partial charge on any atom is -0.486 e. The van der Waals surface area contributed by atoms with Crippen LogP contribution in [0.5, 0.6) is 11.5 Å². The Labute approximate surface area is 215 Å². The average molecular weight is 550 g/mol. The second-order valence-corrected chi connectivity index (χ2v) is 8.55. The van der Waals surface area contributed by atoms with Gasteiger partial charge in [-0.1, -0.05) is 48.0 Å². The highest BCUT2D eigenvalue weighted by Crippen LogP contribution is 2.35. The molecule has 3 aromatic carbocycles. The number of hydrogen-bond acceptors (Lipinski definition) is 6. The van der Waals surface area contributed by atoms with E-state index >= 15 is 0 Å². The van der Waals surface area contributed by atoms with Crippen LogP contribution < -0.4 is 14.9 Å². The van der Waals surface area contributed by atoms with Crippen LogP contribution in [0.3, 0.4) is 0 Å². The van der Waals surface area contributed by atoms with E-state index in [4.69, 9.17) is 21.1 Å². The molecular weight excluding hydrogens is 532 g/mol. The van der Waals surface area contributed by atoms with Gasteiger partial charge in [-0.3, -0.25) is 9.78 Å². The number of hydrogen-bond donors (Lipinski definition) is 1. The van der Waals surface area contributed by atoms with Gasteiger partial charge in [0.05, 0.1) is 27.3 Å². The minimum absolute atomic E-state index is 0.192. The number of rotatable bonds is 8. The summed E-state index contributed by atoms with van der Waals surface area (Å²) in [5, 5.41) is 14.5. The van der Waals surface area contributed by atoms with Crippen molar-refractivity contribution in [2.24, 2.45) is 5.10 Å². The van der Waals surface area contributed by atoms with E-state index in [1.807, 2.05) is 36.4 Å². The van der Waals surface area contributed by atoms with Crippen molar-refractivity contribution in [2.45, 2.75) is 6.61 Å². The zero-order chi connectivity index (χ0) is 24.6. The Balaban J connectivity index is 1.34. The molecule has 35 heavy (non-hydrogen) atoms. The second-order valence-electron chi connectivity index (χ2n) is 7.28. The van der Waals surface area contributed by atoms with Crippen LogP contribution in [0.4, 0.5) is 0 Å². The number of carbonyl (C=O) groups is 1. The van der Waals surface area contributed by atoms with Gasteiger partial charge >= 0.3 is 0 Å². The number of nitrogens with zero attached hydrogens (tertiary/aromatic N) is 3. The quantitative estimate of drug-likeness (QED) is 0.227. The van der Waals surface area contributed by atoms with Crippen LogP contribution in [-0.4, -0.2) is 23.7 Å². The van der Waals surface area contributed by atoms with Crippen LogP contribution in [-0.2, 0) is 11.4 Å². The number of benzene rings is 3. The minimum atomic E-state index is -0.421. The monoisotopic (exact) mass is 548 g/mol. The fourth-order valence-corrected chi connectivity index (χ4v) is 4.23. The number of ether oxygens (including phenoxy) is 2. The molecule has 1 N–H and O–H groups in total. The van der Waals surface area contributed by atoms with Gasteiger partial charge in [0.2, 0.25) is 0 Å². The van der Waals surface area contributed by atoms with Gasteiger partial charge in [0, 0.05) is 17.1 Å². The Hall–Kier alpha value is -3.93. The zero-order valence-corrected chi connectivity index (χ0v) is 20.6. The number of nitrogens with one attached hydrogen (secondary N) is 1. The lowest BCUT2D eigenvalue weighted by atomic mass is 10.1. The van der Waals surface area contributed by atoms with Crippen LogP contribution in [0.2, 0.25) is 5.02 Å². The van der Waals surface area contributed by atoms with Gasteiger partial charge in [-0.05, 0) is 51.8 Å². The fourth-order valence-electron chi connectivity index (χ4n) is 3.24. The third-order valence-corrected chi connectivity index (χ3v) is 5.76. The van der Waals surface area contributed by atoms with Gasteiger partial charge in [-0.2, -0.15) is 10.4 Å². The Morgan fingerprint density at radius 3 is 2.80 bits per heavy atom. The summed E-state index contributed by atoms with van der Waals surface area (Å²) < 4.78 is 12.0. The topological polar surface area (TPSA) is 96.6 Å². The summed E-state index contributed by atoms with van der Waals surface area (Å²) in [7, 11) is 0.